The van der Waals surface area contributed by atoms with E-state index in [1.807, 2.05) is 0 Å². The van der Waals surface area contributed by atoms with E-state index in [1.54, 1.807) is 32.0 Å². The summed E-state index contributed by atoms with van der Waals surface area (Å²) in [5, 5.41) is 23.5. The summed E-state index contributed by atoms with van der Waals surface area (Å²) >= 11 is 11.8. The SMILES string of the molecule is CC(C)C(N/C=C(/C#N)C(=O)Nc1cccc(Cl)c1Cl)C(=O)O. The zero-order chi connectivity index (χ0) is 17.6. The highest BCUT2D eigenvalue weighted by molar-refractivity contribution is 6.44. The Morgan fingerprint density at radius 3 is 2.52 bits per heavy atom. The van der Waals surface area contributed by atoms with Crippen LogP contribution in [0.1, 0.15) is 13.8 Å². The van der Waals surface area contributed by atoms with Gasteiger partial charge in [-0.2, -0.15) is 5.26 Å². The maximum absolute atomic E-state index is 12.1. The Morgan fingerprint density at radius 1 is 1.35 bits per heavy atom. The van der Waals surface area contributed by atoms with Gasteiger partial charge < -0.3 is 15.7 Å². The lowest BCUT2D eigenvalue weighted by atomic mass is 10.1. The lowest BCUT2D eigenvalue weighted by Crippen LogP contribution is -2.38. The molecule has 1 amide bonds. The second kappa shape index (κ2) is 8.42. The van der Waals surface area contributed by atoms with Crippen molar-refractivity contribution in [3.63, 3.8) is 0 Å². The van der Waals surface area contributed by atoms with E-state index in [2.05, 4.69) is 10.6 Å². The topological polar surface area (TPSA) is 102 Å². The van der Waals surface area contributed by atoms with Crippen molar-refractivity contribution in [1.82, 2.24) is 5.32 Å². The van der Waals surface area contributed by atoms with E-state index in [4.69, 9.17) is 33.6 Å². The number of carboxylic acids is 1. The first-order valence-electron chi connectivity index (χ1n) is 6.62. The smallest absolute Gasteiger partial charge is 0.326 e. The van der Waals surface area contributed by atoms with Gasteiger partial charge in [-0.05, 0) is 18.1 Å². The molecule has 1 rings (SSSR count). The number of hydrogen-bond acceptors (Lipinski definition) is 4. The second-order valence-corrected chi connectivity index (χ2v) is 5.74. The number of nitriles is 1. The maximum Gasteiger partial charge on any atom is 0.326 e. The van der Waals surface area contributed by atoms with Crippen molar-refractivity contribution >= 4 is 40.8 Å². The van der Waals surface area contributed by atoms with Crippen LogP contribution in [0.25, 0.3) is 0 Å². The molecule has 0 bridgehead atoms. The van der Waals surface area contributed by atoms with Gasteiger partial charge in [0.2, 0.25) is 0 Å². The van der Waals surface area contributed by atoms with Crippen molar-refractivity contribution in [2.24, 2.45) is 5.92 Å². The number of nitrogens with one attached hydrogen (secondary N) is 2. The molecule has 0 heterocycles. The molecule has 0 spiro atoms. The van der Waals surface area contributed by atoms with Gasteiger partial charge in [-0.25, -0.2) is 4.79 Å². The molecule has 0 radical (unpaired) electrons. The van der Waals surface area contributed by atoms with Crippen LogP contribution >= 0.6 is 23.2 Å². The van der Waals surface area contributed by atoms with Crippen molar-refractivity contribution in [1.29, 1.82) is 5.26 Å². The molecular weight excluding hydrogens is 341 g/mol. The highest BCUT2D eigenvalue weighted by atomic mass is 35.5. The molecule has 1 unspecified atom stereocenters. The summed E-state index contributed by atoms with van der Waals surface area (Å²) in [4.78, 5) is 23.1. The Bertz CT molecular complexity index is 681. The Morgan fingerprint density at radius 2 is 2.00 bits per heavy atom. The van der Waals surface area contributed by atoms with Crippen molar-refractivity contribution in [2.75, 3.05) is 5.32 Å². The zero-order valence-electron chi connectivity index (χ0n) is 12.4. The van der Waals surface area contributed by atoms with Gasteiger partial charge in [0.25, 0.3) is 5.91 Å². The third kappa shape index (κ3) is 5.16. The summed E-state index contributed by atoms with van der Waals surface area (Å²) in [5.41, 5.74) is -0.0306. The van der Waals surface area contributed by atoms with E-state index in [9.17, 15) is 9.59 Å². The van der Waals surface area contributed by atoms with E-state index < -0.39 is 17.9 Å². The molecule has 1 atom stereocenters. The molecule has 122 valence electrons. The molecule has 0 fully saturated rings. The van der Waals surface area contributed by atoms with Crippen LogP contribution in [0, 0.1) is 17.2 Å². The average molecular weight is 356 g/mol. The highest BCUT2D eigenvalue weighted by Crippen LogP contribution is 2.29. The van der Waals surface area contributed by atoms with Crippen LogP contribution < -0.4 is 10.6 Å². The van der Waals surface area contributed by atoms with Gasteiger partial charge in [0.1, 0.15) is 17.7 Å². The Hall–Kier alpha value is -2.23. The standard InChI is InChI=1S/C15H15Cl2N3O3/c1-8(2)13(15(22)23)19-7-9(6-18)14(21)20-11-5-3-4-10(16)12(11)17/h3-5,7-8,13,19H,1-2H3,(H,20,21)(H,22,23)/b9-7-. The first-order chi connectivity index (χ1) is 10.8. The molecule has 0 aromatic heterocycles. The Kier molecular flexibility index (Phi) is 6.89. The second-order valence-electron chi connectivity index (χ2n) is 4.95. The molecule has 3 N–H and O–H groups in total. The normalized spacial score (nSPS) is 12.4. The number of nitrogens with zero attached hydrogens (tertiary/aromatic N) is 1. The quantitative estimate of drug-likeness (QED) is 0.537. The lowest BCUT2D eigenvalue weighted by molar-refractivity contribution is -0.140. The van der Waals surface area contributed by atoms with Gasteiger partial charge in [0.05, 0.1) is 15.7 Å². The molecule has 0 saturated heterocycles. The molecule has 1 aromatic rings. The number of carboxylic acid groups (broad SMARTS) is 1. The van der Waals surface area contributed by atoms with Gasteiger partial charge in [-0.3, -0.25) is 4.79 Å². The molecule has 8 heteroatoms. The predicted octanol–water partition coefficient (Wildman–Crippen LogP) is 3.04. The third-order valence-corrected chi connectivity index (χ3v) is 3.72. The van der Waals surface area contributed by atoms with Crippen molar-refractivity contribution in [3.8, 4) is 6.07 Å². The number of carbonyl (C=O) groups is 2. The van der Waals surface area contributed by atoms with Crippen LogP contribution in [0.4, 0.5) is 5.69 Å². The fraction of sp³-hybridized carbons (Fsp3) is 0.267. The average Bonchev–Trinajstić information content (AvgIpc) is 2.47. The number of hydrogen-bond donors (Lipinski definition) is 3. The number of anilines is 1. The van der Waals surface area contributed by atoms with E-state index in [1.165, 1.54) is 6.07 Å². The minimum atomic E-state index is -1.08. The van der Waals surface area contributed by atoms with Gasteiger partial charge in [-0.1, -0.05) is 43.1 Å². The van der Waals surface area contributed by atoms with Gasteiger partial charge in [-0.15, -0.1) is 0 Å². The number of halogens is 2. The Balaban J connectivity index is 2.91. The zero-order valence-corrected chi connectivity index (χ0v) is 13.9. The first-order valence-corrected chi connectivity index (χ1v) is 7.38. The van der Waals surface area contributed by atoms with Crippen LogP contribution in [0.15, 0.2) is 30.0 Å². The maximum atomic E-state index is 12.1. The molecule has 1 aromatic carbocycles. The molecule has 0 aliphatic heterocycles. The number of rotatable bonds is 6. The number of benzene rings is 1. The van der Waals surface area contributed by atoms with Gasteiger partial charge >= 0.3 is 5.97 Å². The summed E-state index contributed by atoms with van der Waals surface area (Å²) in [6.45, 7) is 3.41. The monoisotopic (exact) mass is 355 g/mol. The molecule has 23 heavy (non-hydrogen) atoms. The van der Waals surface area contributed by atoms with Gasteiger partial charge in [0.15, 0.2) is 0 Å². The lowest BCUT2D eigenvalue weighted by Gasteiger charge is -2.16. The molecular formula is C15H15Cl2N3O3. The van der Waals surface area contributed by atoms with Crippen LogP contribution in [-0.4, -0.2) is 23.0 Å². The van der Waals surface area contributed by atoms with E-state index >= 15 is 0 Å². The number of aliphatic carboxylic acids is 1. The number of carbonyl (C=O) groups excluding carboxylic acids is 1. The largest absolute Gasteiger partial charge is 0.480 e. The molecule has 6 nitrogen and oxygen atoms in total. The molecule has 0 saturated carbocycles. The minimum absolute atomic E-state index is 0.151. The van der Waals surface area contributed by atoms with Crippen molar-refractivity contribution in [2.45, 2.75) is 19.9 Å². The molecule has 0 aliphatic carbocycles. The fourth-order valence-corrected chi connectivity index (χ4v) is 2.01. The van der Waals surface area contributed by atoms with E-state index in [-0.39, 0.29) is 27.2 Å². The summed E-state index contributed by atoms with van der Waals surface area (Å²) in [6, 6.07) is 5.47. The summed E-state index contributed by atoms with van der Waals surface area (Å²) in [6.07, 6.45) is 1.08. The van der Waals surface area contributed by atoms with Crippen LogP contribution in [0.5, 0.6) is 0 Å². The van der Waals surface area contributed by atoms with Crippen molar-refractivity contribution < 1.29 is 14.7 Å². The summed E-state index contributed by atoms with van der Waals surface area (Å²) < 4.78 is 0. The first kappa shape index (κ1) is 18.8. The summed E-state index contributed by atoms with van der Waals surface area (Å²) in [7, 11) is 0. The third-order valence-electron chi connectivity index (χ3n) is 2.90. The minimum Gasteiger partial charge on any atom is -0.480 e. The highest BCUT2D eigenvalue weighted by Gasteiger charge is 2.20. The summed E-state index contributed by atoms with van der Waals surface area (Å²) in [5.74, 6) is -2.03. The Labute approximate surface area is 143 Å². The van der Waals surface area contributed by atoms with Crippen LogP contribution in [-0.2, 0) is 9.59 Å². The van der Waals surface area contributed by atoms with Crippen LogP contribution in [0.2, 0.25) is 10.0 Å². The molecule has 0 aliphatic rings. The van der Waals surface area contributed by atoms with Crippen LogP contribution in [0.3, 0.4) is 0 Å². The fourth-order valence-electron chi connectivity index (χ4n) is 1.66. The number of amides is 1. The van der Waals surface area contributed by atoms with E-state index in [0.29, 0.717) is 0 Å². The van der Waals surface area contributed by atoms with Crippen molar-refractivity contribution in [3.05, 3.63) is 40.0 Å². The van der Waals surface area contributed by atoms with E-state index in [0.717, 1.165) is 6.20 Å². The predicted molar refractivity (Wildman–Crippen MR) is 88.2 cm³/mol. The van der Waals surface area contributed by atoms with Gasteiger partial charge in [0, 0.05) is 6.20 Å².